The molecule has 0 saturated heterocycles. The Morgan fingerprint density at radius 1 is 1.06 bits per heavy atom. The second-order valence-electron chi connectivity index (χ2n) is 9.49. The SMILES string of the molecule is CN1c2ccccc2C(=O)N2CCc3c(n(CCC(=O)NCCc4ccncc4)c4ccccc34)C21. The number of nitrogens with one attached hydrogen (secondary N) is 1. The Hall–Kier alpha value is -4.13. The van der Waals surface area contributed by atoms with E-state index in [0.717, 1.165) is 40.9 Å². The Kier molecular flexibility index (Phi) is 5.68. The Morgan fingerprint density at radius 2 is 1.83 bits per heavy atom. The molecule has 0 radical (unpaired) electrons. The van der Waals surface area contributed by atoms with Gasteiger partial charge in [-0.2, -0.15) is 0 Å². The molecular formula is C29H29N5O2. The second kappa shape index (κ2) is 9.15. The number of carbonyl (C=O) groups is 2. The van der Waals surface area contributed by atoms with Gasteiger partial charge in [-0.1, -0.05) is 30.3 Å². The number of amides is 2. The van der Waals surface area contributed by atoms with Gasteiger partial charge in [0.1, 0.15) is 6.17 Å². The Bertz CT molecular complexity index is 1440. The molecule has 6 rings (SSSR count). The normalized spacial score (nSPS) is 16.5. The van der Waals surface area contributed by atoms with Gasteiger partial charge in [-0.15, -0.1) is 0 Å². The lowest BCUT2D eigenvalue weighted by atomic mass is 9.96. The molecule has 2 aromatic carbocycles. The van der Waals surface area contributed by atoms with Crippen molar-refractivity contribution < 1.29 is 9.59 Å². The van der Waals surface area contributed by atoms with Crippen molar-refractivity contribution in [2.45, 2.75) is 32.0 Å². The molecule has 1 unspecified atom stereocenters. The number of benzene rings is 2. The molecule has 7 heteroatoms. The van der Waals surface area contributed by atoms with Gasteiger partial charge < -0.3 is 19.7 Å². The minimum atomic E-state index is -0.196. The van der Waals surface area contributed by atoms with Gasteiger partial charge in [0.15, 0.2) is 0 Å². The van der Waals surface area contributed by atoms with E-state index in [1.807, 2.05) is 47.4 Å². The number of pyridine rings is 1. The third-order valence-electron chi connectivity index (χ3n) is 7.45. The minimum absolute atomic E-state index is 0.0293. The van der Waals surface area contributed by atoms with Gasteiger partial charge in [0.25, 0.3) is 5.91 Å². The summed E-state index contributed by atoms with van der Waals surface area (Å²) in [5, 5.41) is 4.27. The van der Waals surface area contributed by atoms with Crippen molar-refractivity contribution in [2.24, 2.45) is 0 Å². The summed E-state index contributed by atoms with van der Waals surface area (Å²) in [4.78, 5) is 34.5. The number of fused-ring (bicyclic) bond motifs is 6. The van der Waals surface area contributed by atoms with Crippen molar-refractivity contribution >= 4 is 28.4 Å². The molecule has 2 aromatic heterocycles. The molecule has 0 saturated carbocycles. The summed E-state index contributed by atoms with van der Waals surface area (Å²) in [7, 11) is 2.06. The summed E-state index contributed by atoms with van der Waals surface area (Å²) in [6.45, 7) is 1.83. The molecule has 7 nitrogen and oxygen atoms in total. The first-order valence-electron chi connectivity index (χ1n) is 12.5. The molecule has 4 aromatic rings. The fourth-order valence-corrected chi connectivity index (χ4v) is 5.75. The standard InChI is InChI=1S/C29H29N5O2/c1-32-24-8-4-3-7-23(24)29(36)34-18-13-22-21-6-2-5-9-25(21)33(27(22)28(32)34)19-14-26(35)31-17-12-20-10-15-30-16-11-20/h2-11,15-16,28H,12-14,17-19H2,1H3,(H,31,35). The maximum atomic E-state index is 13.5. The van der Waals surface area contributed by atoms with E-state index >= 15 is 0 Å². The van der Waals surface area contributed by atoms with Crippen molar-refractivity contribution in [3.8, 4) is 0 Å². The van der Waals surface area contributed by atoms with E-state index in [2.05, 4.69) is 45.0 Å². The molecule has 1 N–H and O–H groups in total. The third kappa shape index (κ3) is 3.71. The van der Waals surface area contributed by atoms with Gasteiger partial charge in [-0.05, 0) is 54.3 Å². The quantitative estimate of drug-likeness (QED) is 0.455. The van der Waals surface area contributed by atoms with Crippen LogP contribution in [0, 0.1) is 0 Å². The van der Waals surface area contributed by atoms with Gasteiger partial charge in [0.2, 0.25) is 5.91 Å². The van der Waals surface area contributed by atoms with Crippen LogP contribution in [0.1, 0.15) is 39.8 Å². The molecule has 1 atom stereocenters. The van der Waals surface area contributed by atoms with Crippen LogP contribution < -0.4 is 10.2 Å². The van der Waals surface area contributed by atoms with Gasteiger partial charge in [0, 0.05) is 56.4 Å². The van der Waals surface area contributed by atoms with Crippen LogP contribution in [0.3, 0.4) is 0 Å². The Balaban J connectivity index is 1.29. The molecule has 36 heavy (non-hydrogen) atoms. The van der Waals surface area contributed by atoms with Gasteiger partial charge >= 0.3 is 0 Å². The van der Waals surface area contributed by atoms with Crippen molar-refractivity contribution in [1.29, 1.82) is 0 Å². The van der Waals surface area contributed by atoms with E-state index in [1.165, 1.54) is 10.9 Å². The molecule has 2 aliphatic rings. The topological polar surface area (TPSA) is 70.5 Å². The lowest BCUT2D eigenvalue weighted by Gasteiger charge is -2.46. The number of rotatable bonds is 6. The minimum Gasteiger partial charge on any atom is -0.356 e. The zero-order chi connectivity index (χ0) is 24.6. The lowest BCUT2D eigenvalue weighted by molar-refractivity contribution is -0.121. The predicted octanol–water partition coefficient (Wildman–Crippen LogP) is 3.93. The summed E-state index contributed by atoms with van der Waals surface area (Å²) in [5.74, 6) is 0.103. The first-order valence-corrected chi connectivity index (χ1v) is 12.5. The van der Waals surface area contributed by atoms with Crippen LogP contribution >= 0.6 is 0 Å². The van der Waals surface area contributed by atoms with Gasteiger partial charge in [-0.25, -0.2) is 0 Å². The van der Waals surface area contributed by atoms with E-state index in [1.54, 1.807) is 12.4 Å². The highest BCUT2D eigenvalue weighted by molar-refractivity contribution is 6.02. The van der Waals surface area contributed by atoms with Gasteiger partial charge in [0.05, 0.1) is 16.9 Å². The number of para-hydroxylation sites is 2. The molecule has 2 aliphatic heterocycles. The lowest BCUT2D eigenvalue weighted by Crippen LogP contribution is -2.51. The number of hydrogen-bond acceptors (Lipinski definition) is 4. The van der Waals surface area contributed by atoms with Crippen LogP contribution in [-0.2, 0) is 24.2 Å². The van der Waals surface area contributed by atoms with Crippen molar-refractivity contribution in [1.82, 2.24) is 19.8 Å². The smallest absolute Gasteiger partial charge is 0.257 e. The molecule has 0 aliphatic carbocycles. The number of aromatic nitrogens is 2. The van der Waals surface area contributed by atoms with E-state index < -0.39 is 0 Å². The van der Waals surface area contributed by atoms with Crippen LogP contribution in [0.15, 0.2) is 73.1 Å². The van der Waals surface area contributed by atoms with Crippen LogP contribution in [0.5, 0.6) is 0 Å². The summed E-state index contributed by atoms with van der Waals surface area (Å²) in [5.41, 5.74) is 6.37. The van der Waals surface area contributed by atoms with Crippen LogP contribution in [0.2, 0.25) is 0 Å². The highest BCUT2D eigenvalue weighted by atomic mass is 16.2. The molecule has 182 valence electrons. The Labute approximate surface area is 210 Å². The highest BCUT2D eigenvalue weighted by Gasteiger charge is 2.42. The Morgan fingerprint density at radius 3 is 2.69 bits per heavy atom. The fourth-order valence-electron chi connectivity index (χ4n) is 5.75. The van der Waals surface area contributed by atoms with Gasteiger partial charge in [-0.3, -0.25) is 14.6 Å². The van der Waals surface area contributed by atoms with Crippen molar-refractivity contribution in [2.75, 3.05) is 25.0 Å². The van der Waals surface area contributed by atoms with E-state index in [-0.39, 0.29) is 18.0 Å². The molecule has 0 spiro atoms. The third-order valence-corrected chi connectivity index (χ3v) is 7.45. The number of hydrogen-bond donors (Lipinski definition) is 1. The molecule has 0 fully saturated rings. The van der Waals surface area contributed by atoms with Crippen molar-refractivity contribution in [3.63, 3.8) is 0 Å². The van der Waals surface area contributed by atoms with Crippen LogP contribution in [0.25, 0.3) is 10.9 Å². The number of anilines is 1. The summed E-state index contributed by atoms with van der Waals surface area (Å²) in [6, 6.07) is 20.2. The van der Waals surface area contributed by atoms with Crippen LogP contribution in [0.4, 0.5) is 5.69 Å². The molecule has 4 heterocycles. The average molecular weight is 480 g/mol. The molecular weight excluding hydrogens is 450 g/mol. The average Bonchev–Trinajstić information content (AvgIpc) is 3.24. The summed E-state index contributed by atoms with van der Waals surface area (Å²) >= 11 is 0. The van der Waals surface area contributed by atoms with Crippen molar-refractivity contribution in [3.05, 3.63) is 95.4 Å². The first-order chi connectivity index (χ1) is 17.6. The van der Waals surface area contributed by atoms with E-state index in [0.29, 0.717) is 26.1 Å². The summed E-state index contributed by atoms with van der Waals surface area (Å²) in [6.07, 6.45) is 5.30. The number of nitrogens with zero attached hydrogens (tertiary/aromatic N) is 4. The zero-order valence-corrected chi connectivity index (χ0v) is 20.4. The highest BCUT2D eigenvalue weighted by Crippen LogP contribution is 2.44. The van der Waals surface area contributed by atoms with E-state index in [4.69, 9.17) is 0 Å². The first kappa shape index (κ1) is 22.3. The monoisotopic (exact) mass is 479 g/mol. The second-order valence-corrected chi connectivity index (χ2v) is 9.49. The predicted molar refractivity (Wildman–Crippen MR) is 140 cm³/mol. The zero-order valence-electron chi connectivity index (χ0n) is 20.4. The maximum absolute atomic E-state index is 13.5. The largest absolute Gasteiger partial charge is 0.356 e. The van der Waals surface area contributed by atoms with E-state index in [9.17, 15) is 9.59 Å². The molecule has 2 amide bonds. The number of carbonyl (C=O) groups excluding carboxylic acids is 2. The van der Waals surface area contributed by atoms with Crippen LogP contribution in [-0.4, -0.2) is 46.4 Å². The number of aryl methyl sites for hydroxylation is 1. The molecule has 0 bridgehead atoms. The summed E-state index contributed by atoms with van der Waals surface area (Å²) < 4.78 is 2.27. The fraction of sp³-hybridized carbons (Fsp3) is 0.276. The maximum Gasteiger partial charge on any atom is 0.257 e.